The molecular weight excluding hydrogens is 545 g/mol. The lowest BCUT2D eigenvalue weighted by Crippen LogP contribution is -2.44. The van der Waals surface area contributed by atoms with Gasteiger partial charge in [0.1, 0.15) is 6.04 Å². The topological polar surface area (TPSA) is 117 Å². The van der Waals surface area contributed by atoms with Gasteiger partial charge in [0.15, 0.2) is 0 Å². The monoisotopic (exact) mass is 571 g/mol. The maximum absolute atomic E-state index is 13.3. The first-order valence-corrected chi connectivity index (χ1v) is 14.1. The number of carbonyl (C=O) groups excluding carboxylic acids is 1. The molecule has 4 rings (SSSR count). The van der Waals surface area contributed by atoms with Gasteiger partial charge in [0.2, 0.25) is 11.9 Å². The Morgan fingerprint density at radius 2 is 1.58 bits per heavy atom. The molecule has 2 atom stereocenters. The summed E-state index contributed by atoms with van der Waals surface area (Å²) in [5.41, 5.74) is 8.13. The minimum Gasteiger partial charge on any atom is -0.368 e. The van der Waals surface area contributed by atoms with Gasteiger partial charge in [-0.05, 0) is 53.4 Å². The van der Waals surface area contributed by atoms with Gasteiger partial charge in [-0.25, -0.2) is 23.1 Å². The molecule has 0 spiro atoms. The number of guanidine groups is 1. The molecule has 3 aromatic rings. The predicted octanol–water partition coefficient (Wildman–Crippen LogP) is 4.64. The van der Waals surface area contributed by atoms with Crippen LogP contribution in [0.5, 0.6) is 0 Å². The Kier molecular flexibility index (Phi) is 8.40. The zero-order valence-corrected chi connectivity index (χ0v) is 23.1. The molecule has 0 aromatic heterocycles. The van der Waals surface area contributed by atoms with Crippen LogP contribution in [0.4, 0.5) is 0 Å². The summed E-state index contributed by atoms with van der Waals surface area (Å²) in [4.78, 5) is 16.7. The zero-order valence-electron chi connectivity index (χ0n) is 20.8. The van der Waals surface area contributed by atoms with E-state index < -0.39 is 22.0 Å². The van der Waals surface area contributed by atoms with Crippen LogP contribution in [0.3, 0.4) is 0 Å². The summed E-state index contributed by atoms with van der Waals surface area (Å²) in [5, 5.41) is 7.23. The number of halogens is 2. The molecule has 3 N–H and O–H groups in total. The average molecular weight is 573 g/mol. The number of rotatable bonds is 7. The number of nitrogens with one attached hydrogen (secondary N) is 1. The van der Waals surface area contributed by atoms with Crippen LogP contribution in [0.15, 0.2) is 93.9 Å². The highest BCUT2D eigenvalue weighted by Crippen LogP contribution is 2.30. The van der Waals surface area contributed by atoms with E-state index in [2.05, 4.69) is 9.71 Å². The lowest BCUT2D eigenvalue weighted by atomic mass is 9.91. The van der Waals surface area contributed by atoms with Crippen LogP contribution in [0.25, 0.3) is 0 Å². The number of hydrogen-bond donors (Lipinski definition) is 2. The highest BCUT2D eigenvalue weighted by Gasteiger charge is 2.34. The molecule has 198 valence electrons. The molecule has 0 saturated heterocycles. The minimum absolute atomic E-state index is 0.0181. The fourth-order valence-corrected chi connectivity index (χ4v) is 5.34. The number of nitrogens with two attached hydrogens (primary N) is 1. The van der Waals surface area contributed by atoms with E-state index in [9.17, 15) is 13.2 Å². The lowest BCUT2D eigenvalue weighted by molar-refractivity contribution is -0.120. The van der Waals surface area contributed by atoms with Gasteiger partial charge >= 0.3 is 0 Å². The third-order valence-corrected chi connectivity index (χ3v) is 7.88. The Morgan fingerprint density at radius 3 is 2.13 bits per heavy atom. The Morgan fingerprint density at radius 1 is 1.00 bits per heavy atom. The summed E-state index contributed by atoms with van der Waals surface area (Å²) in [7, 11) is -4.10. The lowest BCUT2D eigenvalue weighted by Gasteiger charge is -2.22. The molecule has 0 unspecified atom stereocenters. The van der Waals surface area contributed by atoms with Crippen molar-refractivity contribution in [3.05, 3.63) is 100 Å². The second-order valence-corrected chi connectivity index (χ2v) is 11.7. The number of hydrogen-bond acceptors (Lipinski definition) is 5. The SMILES string of the molecule is CC(C)[C@@H](N=C(NS(=O)(=O)c1ccc(Cl)cc1)N1C[C@H](c2ccccc2)C(c2ccc(Cl)cc2)=N1)C(N)=O. The molecule has 11 heteroatoms. The molecule has 38 heavy (non-hydrogen) atoms. The average Bonchev–Trinajstić information content (AvgIpc) is 3.33. The first kappa shape index (κ1) is 27.6. The molecular formula is C27H27Cl2N5O3S. The Hall–Kier alpha value is -3.40. The number of sulfonamides is 1. The minimum atomic E-state index is -4.10. The molecule has 1 heterocycles. The van der Waals surface area contributed by atoms with Crippen molar-refractivity contribution in [2.75, 3.05) is 6.54 Å². The number of nitrogens with zero attached hydrogens (tertiary/aromatic N) is 3. The van der Waals surface area contributed by atoms with Crippen molar-refractivity contribution in [1.29, 1.82) is 0 Å². The third-order valence-electron chi connectivity index (χ3n) is 6.03. The van der Waals surface area contributed by atoms with Crippen LogP contribution >= 0.6 is 23.2 Å². The highest BCUT2D eigenvalue weighted by atomic mass is 35.5. The molecule has 1 aliphatic heterocycles. The van der Waals surface area contributed by atoms with Crippen LogP contribution in [-0.2, 0) is 14.8 Å². The van der Waals surface area contributed by atoms with Crippen LogP contribution < -0.4 is 10.5 Å². The van der Waals surface area contributed by atoms with Crippen molar-refractivity contribution < 1.29 is 13.2 Å². The predicted molar refractivity (Wildman–Crippen MR) is 151 cm³/mol. The van der Waals surface area contributed by atoms with Gasteiger partial charge in [-0.15, -0.1) is 0 Å². The van der Waals surface area contributed by atoms with Gasteiger partial charge in [-0.2, -0.15) is 5.10 Å². The first-order valence-electron chi connectivity index (χ1n) is 11.9. The normalized spacial score (nSPS) is 16.9. The molecule has 3 aromatic carbocycles. The van der Waals surface area contributed by atoms with Gasteiger partial charge in [0.25, 0.3) is 10.0 Å². The van der Waals surface area contributed by atoms with Crippen molar-refractivity contribution in [2.45, 2.75) is 30.7 Å². The fourth-order valence-electron chi connectivity index (χ4n) is 4.07. The number of aliphatic imine (C=N–C) groups is 1. The van der Waals surface area contributed by atoms with E-state index in [0.29, 0.717) is 15.8 Å². The van der Waals surface area contributed by atoms with Crippen molar-refractivity contribution in [1.82, 2.24) is 9.73 Å². The number of primary amides is 1. The van der Waals surface area contributed by atoms with E-state index in [1.807, 2.05) is 42.5 Å². The second kappa shape index (κ2) is 11.6. The van der Waals surface area contributed by atoms with E-state index >= 15 is 0 Å². The zero-order chi connectivity index (χ0) is 27.4. The smallest absolute Gasteiger partial charge is 0.264 e. The van der Waals surface area contributed by atoms with Crippen LogP contribution in [0, 0.1) is 5.92 Å². The van der Waals surface area contributed by atoms with Gasteiger partial charge in [-0.3, -0.25) is 4.79 Å². The summed E-state index contributed by atoms with van der Waals surface area (Å²) in [5.74, 6) is -1.28. The Labute approximate surface area is 232 Å². The van der Waals surface area contributed by atoms with Gasteiger partial charge < -0.3 is 5.73 Å². The largest absolute Gasteiger partial charge is 0.368 e. The summed E-state index contributed by atoms with van der Waals surface area (Å²) < 4.78 is 29.2. The van der Waals surface area contributed by atoms with Gasteiger partial charge in [-0.1, -0.05) is 79.5 Å². The van der Waals surface area contributed by atoms with Crippen LogP contribution in [0.1, 0.15) is 30.9 Å². The highest BCUT2D eigenvalue weighted by molar-refractivity contribution is 7.90. The maximum atomic E-state index is 13.3. The third kappa shape index (κ3) is 6.35. The van der Waals surface area contributed by atoms with E-state index in [1.54, 1.807) is 26.0 Å². The molecule has 0 radical (unpaired) electrons. The Balaban J connectivity index is 1.81. The molecule has 8 nitrogen and oxygen atoms in total. The summed E-state index contributed by atoms with van der Waals surface area (Å²) in [6.45, 7) is 3.83. The van der Waals surface area contributed by atoms with Gasteiger partial charge in [0.05, 0.1) is 17.2 Å². The van der Waals surface area contributed by atoms with E-state index in [0.717, 1.165) is 11.1 Å². The Bertz CT molecular complexity index is 1460. The van der Waals surface area contributed by atoms with Crippen molar-refractivity contribution in [3.8, 4) is 0 Å². The van der Waals surface area contributed by atoms with Gasteiger partial charge in [0, 0.05) is 16.0 Å². The molecule has 0 aliphatic carbocycles. The fraction of sp³-hybridized carbons (Fsp3) is 0.222. The number of benzene rings is 3. The van der Waals surface area contributed by atoms with Crippen LogP contribution in [-0.4, -0.2) is 43.6 Å². The standard InChI is InChI=1S/C27H27Cl2N5O3S/c1-17(2)24(26(30)35)31-27(33-38(36,37)22-14-12-21(29)13-15-22)34-16-23(18-6-4-3-5-7-18)25(32-34)19-8-10-20(28)11-9-19/h3-15,17,23-24H,16H2,1-2H3,(H2,30,35)(H,31,33)/t23-,24-/m1/s1. The maximum Gasteiger partial charge on any atom is 0.264 e. The molecule has 0 bridgehead atoms. The van der Waals surface area contributed by atoms with E-state index in [1.165, 1.54) is 29.3 Å². The van der Waals surface area contributed by atoms with Crippen molar-refractivity contribution >= 4 is 50.8 Å². The number of hydrazone groups is 1. The number of amides is 1. The summed E-state index contributed by atoms with van der Waals surface area (Å²) in [6, 6.07) is 21.7. The molecule has 1 amide bonds. The summed E-state index contributed by atoms with van der Waals surface area (Å²) >= 11 is 12.1. The first-order chi connectivity index (χ1) is 18.0. The van der Waals surface area contributed by atoms with E-state index in [-0.39, 0.29) is 29.2 Å². The van der Waals surface area contributed by atoms with Crippen molar-refractivity contribution in [2.24, 2.45) is 21.7 Å². The van der Waals surface area contributed by atoms with E-state index in [4.69, 9.17) is 34.0 Å². The molecule has 0 fully saturated rings. The second-order valence-electron chi connectivity index (χ2n) is 9.14. The van der Waals surface area contributed by atoms with Crippen LogP contribution in [0.2, 0.25) is 10.0 Å². The molecule has 1 aliphatic rings. The summed E-state index contributed by atoms with van der Waals surface area (Å²) in [6.07, 6.45) is 0. The number of carbonyl (C=O) groups is 1. The van der Waals surface area contributed by atoms with Crippen molar-refractivity contribution in [3.63, 3.8) is 0 Å². The molecule has 0 saturated carbocycles. The quantitative estimate of drug-likeness (QED) is 0.317.